The van der Waals surface area contributed by atoms with E-state index in [-0.39, 0.29) is 17.9 Å². The minimum atomic E-state index is -4.49. The molecule has 0 fully saturated rings. The molecule has 1 aromatic carbocycles. The molecule has 0 unspecified atom stereocenters. The number of nitrogens with zero attached hydrogens (tertiary/aromatic N) is 2. The number of rotatable bonds is 2. The summed E-state index contributed by atoms with van der Waals surface area (Å²) in [6.07, 6.45) is -4.70. The van der Waals surface area contributed by atoms with Gasteiger partial charge in [-0.15, -0.1) is 0 Å². The molecule has 2 heterocycles. The van der Waals surface area contributed by atoms with E-state index in [1.807, 2.05) is 0 Å². The quantitative estimate of drug-likeness (QED) is 0.794. The van der Waals surface area contributed by atoms with E-state index in [0.29, 0.717) is 0 Å². The van der Waals surface area contributed by atoms with Crippen LogP contribution in [0.4, 0.5) is 19.0 Å². The van der Waals surface area contributed by atoms with Gasteiger partial charge in [0.1, 0.15) is 11.4 Å². The maximum atomic E-state index is 13.6. The van der Waals surface area contributed by atoms with Crippen LogP contribution in [0, 0.1) is 0 Å². The number of carbonyl (C=O) groups excluding carboxylic acids is 1. The Bertz CT molecular complexity index is 794. The van der Waals surface area contributed by atoms with E-state index < -0.39 is 29.8 Å². The van der Waals surface area contributed by atoms with Gasteiger partial charge >= 0.3 is 12.1 Å². The number of anilines is 1. The first-order chi connectivity index (χ1) is 12.0. The first kappa shape index (κ1) is 18.3. The molecular weight excluding hydrogens is 347 g/mol. The van der Waals surface area contributed by atoms with E-state index in [9.17, 15) is 18.0 Å². The summed E-state index contributed by atoms with van der Waals surface area (Å²) < 4.78 is 46.8. The summed E-state index contributed by atoms with van der Waals surface area (Å²) in [5.74, 6) is -0.605. The predicted octanol–water partition coefficient (Wildman–Crippen LogP) is 4.50. The number of carbonyl (C=O) groups is 1. The average Bonchev–Trinajstić information content (AvgIpc) is 2.96. The monoisotopic (exact) mass is 367 g/mol. The maximum Gasteiger partial charge on any atom is 0.410 e. The molecule has 1 aromatic heterocycles. The van der Waals surface area contributed by atoms with Crippen LogP contribution in [-0.4, -0.2) is 27.5 Å². The Kier molecular flexibility index (Phi) is 4.46. The SMILES string of the molecule is CC(C)(C)OC(=O)c1cc2n(n1)[C@@H](C(F)(F)F)C[C@@H](c1ccccc1)N2. The summed E-state index contributed by atoms with van der Waals surface area (Å²) in [7, 11) is 0. The summed E-state index contributed by atoms with van der Waals surface area (Å²) in [5, 5.41) is 6.92. The fourth-order valence-electron chi connectivity index (χ4n) is 2.91. The van der Waals surface area contributed by atoms with Crippen LogP contribution in [0.15, 0.2) is 36.4 Å². The molecule has 3 rings (SSSR count). The van der Waals surface area contributed by atoms with Crippen molar-refractivity contribution in [3.8, 4) is 0 Å². The Balaban J connectivity index is 1.96. The van der Waals surface area contributed by atoms with Crippen LogP contribution >= 0.6 is 0 Å². The Labute approximate surface area is 149 Å². The number of ether oxygens (including phenoxy) is 1. The number of hydrogen-bond donors (Lipinski definition) is 1. The van der Waals surface area contributed by atoms with E-state index in [1.165, 1.54) is 6.07 Å². The van der Waals surface area contributed by atoms with Crippen molar-refractivity contribution < 1.29 is 22.7 Å². The highest BCUT2D eigenvalue weighted by molar-refractivity contribution is 5.88. The molecule has 0 bridgehead atoms. The molecule has 1 aliphatic rings. The first-order valence-corrected chi connectivity index (χ1v) is 8.26. The van der Waals surface area contributed by atoms with Crippen molar-refractivity contribution in [2.75, 3.05) is 5.32 Å². The van der Waals surface area contributed by atoms with Gasteiger partial charge in [0.2, 0.25) is 0 Å². The third kappa shape index (κ3) is 3.84. The van der Waals surface area contributed by atoms with E-state index >= 15 is 0 Å². The summed E-state index contributed by atoms with van der Waals surface area (Å²) >= 11 is 0. The first-order valence-electron chi connectivity index (χ1n) is 8.26. The lowest BCUT2D eigenvalue weighted by atomic mass is 9.97. The second kappa shape index (κ2) is 6.34. The standard InChI is InChI=1S/C18H20F3N3O2/c1-17(2,3)26-16(25)13-10-15-22-12(11-7-5-4-6-8-11)9-14(18(19,20)21)24(15)23-13/h4-8,10,12,14,22H,9H2,1-3H3/t12-,14+/m0/s1. The fourth-order valence-corrected chi connectivity index (χ4v) is 2.91. The van der Waals surface area contributed by atoms with Gasteiger partial charge in [0.25, 0.3) is 0 Å². The van der Waals surface area contributed by atoms with E-state index in [4.69, 9.17) is 4.74 Å². The lowest BCUT2D eigenvalue weighted by Crippen LogP contribution is -2.35. The molecule has 0 spiro atoms. The van der Waals surface area contributed by atoms with Crippen molar-refractivity contribution in [3.63, 3.8) is 0 Å². The van der Waals surface area contributed by atoms with Crippen molar-refractivity contribution in [2.45, 2.75) is 51.1 Å². The second-order valence-corrected chi connectivity index (χ2v) is 7.26. The van der Waals surface area contributed by atoms with Gasteiger partial charge in [-0.2, -0.15) is 18.3 Å². The minimum Gasteiger partial charge on any atom is -0.455 e. The van der Waals surface area contributed by atoms with Gasteiger partial charge in [-0.05, 0) is 26.3 Å². The number of aromatic nitrogens is 2. The second-order valence-electron chi connectivity index (χ2n) is 7.26. The lowest BCUT2D eigenvalue weighted by molar-refractivity contribution is -0.173. The van der Waals surface area contributed by atoms with Crippen LogP contribution in [0.3, 0.4) is 0 Å². The van der Waals surface area contributed by atoms with Crippen molar-refractivity contribution in [2.24, 2.45) is 0 Å². The van der Waals surface area contributed by atoms with Crippen LogP contribution in [0.25, 0.3) is 0 Å². The highest BCUT2D eigenvalue weighted by atomic mass is 19.4. The third-order valence-corrected chi connectivity index (χ3v) is 4.00. The lowest BCUT2D eigenvalue weighted by Gasteiger charge is -2.33. The molecule has 1 aliphatic heterocycles. The third-order valence-electron chi connectivity index (χ3n) is 4.00. The van der Waals surface area contributed by atoms with Crippen LogP contribution < -0.4 is 5.32 Å². The molecule has 5 nitrogen and oxygen atoms in total. The van der Waals surface area contributed by atoms with Crippen LogP contribution in [0.5, 0.6) is 0 Å². The molecule has 0 amide bonds. The molecule has 0 saturated carbocycles. The number of benzene rings is 1. The molecule has 0 radical (unpaired) electrons. The van der Waals surface area contributed by atoms with Gasteiger partial charge in [0, 0.05) is 12.5 Å². The molecule has 1 N–H and O–H groups in total. The fraction of sp³-hybridized carbons (Fsp3) is 0.444. The molecule has 0 aliphatic carbocycles. The Morgan fingerprint density at radius 2 is 1.88 bits per heavy atom. The van der Waals surface area contributed by atoms with Gasteiger partial charge in [-0.3, -0.25) is 0 Å². The topological polar surface area (TPSA) is 56.2 Å². The molecule has 26 heavy (non-hydrogen) atoms. The molecule has 140 valence electrons. The van der Waals surface area contributed by atoms with Crippen molar-refractivity contribution >= 4 is 11.8 Å². The van der Waals surface area contributed by atoms with E-state index in [1.54, 1.807) is 51.1 Å². The normalized spacial score (nSPS) is 20.2. The molecular formula is C18H20F3N3O2. The Morgan fingerprint density at radius 3 is 2.46 bits per heavy atom. The largest absolute Gasteiger partial charge is 0.455 e. The number of halogens is 3. The molecule has 2 atom stereocenters. The summed E-state index contributed by atoms with van der Waals surface area (Å²) in [4.78, 5) is 12.2. The van der Waals surface area contributed by atoms with E-state index in [2.05, 4.69) is 10.4 Å². The highest BCUT2D eigenvalue weighted by Gasteiger charge is 2.47. The Morgan fingerprint density at radius 1 is 1.23 bits per heavy atom. The van der Waals surface area contributed by atoms with Crippen molar-refractivity contribution in [3.05, 3.63) is 47.7 Å². The number of fused-ring (bicyclic) bond motifs is 1. The zero-order valence-electron chi connectivity index (χ0n) is 14.7. The van der Waals surface area contributed by atoms with Gasteiger partial charge in [-0.25, -0.2) is 9.48 Å². The minimum absolute atomic E-state index is 0.147. The highest BCUT2D eigenvalue weighted by Crippen LogP contribution is 2.43. The zero-order chi connectivity index (χ0) is 19.1. The average molecular weight is 367 g/mol. The number of hydrogen-bond acceptors (Lipinski definition) is 4. The predicted molar refractivity (Wildman–Crippen MR) is 89.9 cm³/mol. The number of nitrogens with one attached hydrogen (secondary N) is 1. The van der Waals surface area contributed by atoms with E-state index in [0.717, 1.165) is 10.2 Å². The van der Waals surface area contributed by atoms with Crippen LogP contribution in [0.1, 0.15) is 55.3 Å². The Hall–Kier alpha value is -2.51. The maximum absolute atomic E-state index is 13.6. The van der Waals surface area contributed by atoms with Crippen molar-refractivity contribution in [1.82, 2.24) is 9.78 Å². The number of esters is 1. The van der Waals surface area contributed by atoms with Crippen molar-refractivity contribution in [1.29, 1.82) is 0 Å². The zero-order valence-corrected chi connectivity index (χ0v) is 14.7. The van der Waals surface area contributed by atoms with Gasteiger partial charge < -0.3 is 10.1 Å². The summed E-state index contributed by atoms with van der Waals surface area (Å²) in [6, 6.07) is 7.85. The van der Waals surface area contributed by atoms with Gasteiger partial charge in [0.05, 0.1) is 6.04 Å². The number of alkyl halides is 3. The van der Waals surface area contributed by atoms with Crippen LogP contribution in [-0.2, 0) is 4.74 Å². The molecule has 2 aromatic rings. The molecule has 0 saturated heterocycles. The van der Waals surface area contributed by atoms with Gasteiger partial charge in [0.15, 0.2) is 11.7 Å². The summed E-state index contributed by atoms with van der Waals surface area (Å²) in [6.45, 7) is 5.05. The van der Waals surface area contributed by atoms with Gasteiger partial charge in [-0.1, -0.05) is 30.3 Å². The smallest absolute Gasteiger partial charge is 0.410 e. The summed E-state index contributed by atoms with van der Waals surface area (Å²) in [5.41, 5.74) is -0.164. The molecule has 8 heteroatoms. The van der Waals surface area contributed by atoms with Crippen LogP contribution in [0.2, 0.25) is 0 Å².